The molecule has 3 nitrogen and oxygen atoms in total. The molecular weight excluding hydrogens is 320 g/mol. The summed E-state index contributed by atoms with van der Waals surface area (Å²) in [4.78, 5) is 0. The minimum absolute atomic E-state index is 0.307. The molecule has 0 amide bonds. The standard InChI is InChI=1S/C23H45N2O/c1-4-6-7-8-9-10-11-12-13-14-15-16-17-18-19-23-24-20-21-25(23,5-2)22(3)26/h16-17,20-24,26H,4-15,18-19H2,1-3H3/q+1/b17-16+. The Kier molecular flexibility index (Phi) is 12.8. The van der Waals surface area contributed by atoms with Gasteiger partial charge in [-0.2, -0.15) is 0 Å². The van der Waals surface area contributed by atoms with Crippen LogP contribution in [0.1, 0.15) is 104 Å². The Hall–Kier alpha value is -0.800. The van der Waals surface area contributed by atoms with Crippen molar-refractivity contribution in [3.8, 4) is 0 Å². The quantitative estimate of drug-likeness (QED) is 0.194. The molecule has 0 saturated carbocycles. The van der Waals surface area contributed by atoms with Crippen molar-refractivity contribution in [3.05, 3.63) is 24.6 Å². The lowest BCUT2D eigenvalue weighted by Crippen LogP contribution is -2.57. The zero-order valence-corrected chi connectivity index (χ0v) is 17.8. The second kappa shape index (κ2) is 14.3. The van der Waals surface area contributed by atoms with Gasteiger partial charge in [0.25, 0.3) is 0 Å². The van der Waals surface area contributed by atoms with Crippen molar-refractivity contribution in [1.82, 2.24) is 5.32 Å². The summed E-state index contributed by atoms with van der Waals surface area (Å²) < 4.78 is 0.645. The molecule has 26 heavy (non-hydrogen) atoms. The molecular formula is C23H45N2O+. The first-order valence-electron chi connectivity index (χ1n) is 11.3. The van der Waals surface area contributed by atoms with Crippen molar-refractivity contribution >= 4 is 0 Å². The lowest BCUT2D eigenvalue weighted by molar-refractivity contribution is -0.942. The van der Waals surface area contributed by atoms with Gasteiger partial charge < -0.3 is 10.4 Å². The number of aliphatic hydroxyl groups excluding tert-OH is 1. The fraction of sp³-hybridized carbons (Fsp3) is 0.826. The Morgan fingerprint density at radius 1 is 0.923 bits per heavy atom. The molecule has 0 aromatic rings. The molecule has 152 valence electrons. The van der Waals surface area contributed by atoms with Crippen LogP contribution in [0.2, 0.25) is 0 Å². The lowest BCUT2D eigenvalue weighted by Gasteiger charge is -2.39. The molecule has 2 N–H and O–H groups in total. The van der Waals surface area contributed by atoms with Gasteiger partial charge in [0.2, 0.25) is 0 Å². The van der Waals surface area contributed by atoms with Gasteiger partial charge in [0.05, 0.1) is 12.7 Å². The minimum Gasteiger partial charge on any atom is -0.345 e. The number of hydrogen-bond acceptors (Lipinski definition) is 2. The summed E-state index contributed by atoms with van der Waals surface area (Å²) in [6, 6.07) is 0. The summed E-state index contributed by atoms with van der Waals surface area (Å²) in [7, 11) is 0. The summed E-state index contributed by atoms with van der Waals surface area (Å²) in [6.07, 6.45) is 26.2. The number of nitrogens with zero attached hydrogens (tertiary/aromatic N) is 1. The molecule has 0 spiro atoms. The first-order valence-corrected chi connectivity index (χ1v) is 11.3. The van der Waals surface area contributed by atoms with E-state index in [1.807, 2.05) is 13.1 Å². The third-order valence-corrected chi connectivity index (χ3v) is 5.96. The first kappa shape index (κ1) is 23.2. The fourth-order valence-electron chi connectivity index (χ4n) is 4.07. The van der Waals surface area contributed by atoms with E-state index in [0.29, 0.717) is 10.6 Å². The summed E-state index contributed by atoms with van der Waals surface area (Å²) >= 11 is 0. The molecule has 3 heteroatoms. The van der Waals surface area contributed by atoms with E-state index in [1.165, 1.54) is 70.6 Å². The zero-order valence-electron chi connectivity index (χ0n) is 17.8. The van der Waals surface area contributed by atoms with Crippen molar-refractivity contribution in [1.29, 1.82) is 0 Å². The molecule has 0 aromatic heterocycles. The Labute approximate surface area is 163 Å². The summed E-state index contributed by atoms with van der Waals surface area (Å²) in [5.74, 6) is 0. The molecule has 0 fully saturated rings. The van der Waals surface area contributed by atoms with Gasteiger partial charge in [-0.3, -0.25) is 4.48 Å². The van der Waals surface area contributed by atoms with E-state index in [0.717, 1.165) is 19.4 Å². The monoisotopic (exact) mass is 365 g/mol. The lowest BCUT2D eigenvalue weighted by atomic mass is 10.1. The number of hydrogen-bond donors (Lipinski definition) is 2. The molecule has 1 aliphatic heterocycles. The normalized spacial score (nSPS) is 23.6. The Morgan fingerprint density at radius 2 is 1.50 bits per heavy atom. The molecule has 0 aromatic carbocycles. The number of quaternary nitrogens is 1. The van der Waals surface area contributed by atoms with Crippen molar-refractivity contribution in [2.75, 3.05) is 6.54 Å². The highest BCUT2D eigenvalue weighted by Crippen LogP contribution is 2.25. The van der Waals surface area contributed by atoms with Gasteiger partial charge in [0.1, 0.15) is 6.20 Å². The third kappa shape index (κ3) is 8.26. The number of allylic oxidation sites excluding steroid dienone is 2. The van der Waals surface area contributed by atoms with Crippen LogP contribution < -0.4 is 5.32 Å². The predicted molar refractivity (Wildman–Crippen MR) is 113 cm³/mol. The van der Waals surface area contributed by atoms with Gasteiger partial charge in [-0.05, 0) is 26.2 Å². The summed E-state index contributed by atoms with van der Waals surface area (Å²) in [5.41, 5.74) is 0. The van der Waals surface area contributed by atoms with E-state index in [4.69, 9.17) is 0 Å². The van der Waals surface area contributed by atoms with Gasteiger partial charge in [-0.15, -0.1) is 0 Å². The molecule has 0 bridgehead atoms. The largest absolute Gasteiger partial charge is 0.345 e. The molecule has 0 aliphatic carbocycles. The molecule has 0 saturated heterocycles. The van der Waals surface area contributed by atoms with Crippen LogP contribution in [-0.2, 0) is 0 Å². The number of rotatable bonds is 16. The van der Waals surface area contributed by atoms with Gasteiger partial charge in [0.15, 0.2) is 12.4 Å². The summed E-state index contributed by atoms with van der Waals surface area (Å²) in [5, 5.41) is 13.6. The molecule has 0 radical (unpaired) electrons. The van der Waals surface area contributed by atoms with Crippen molar-refractivity contribution in [2.45, 2.75) is 117 Å². The van der Waals surface area contributed by atoms with E-state index >= 15 is 0 Å². The van der Waals surface area contributed by atoms with E-state index in [-0.39, 0.29) is 6.23 Å². The zero-order chi connectivity index (χ0) is 19.1. The maximum absolute atomic E-state index is 10.2. The van der Waals surface area contributed by atoms with Gasteiger partial charge >= 0.3 is 0 Å². The maximum atomic E-state index is 10.2. The SMILES string of the molecule is CCCCCCCCCCCC/C=C/CCC1NC=C[N+]1(CC)C(C)O. The van der Waals surface area contributed by atoms with Crippen molar-refractivity contribution < 1.29 is 9.59 Å². The van der Waals surface area contributed by atoms with Crippen molar-refractivity contribution in [3.63, 3.8) is 0 Å². The van der Waals surface area contributed by atoms with Gasteiger partial charge in [-0.25, -0.2) is 0 Å². The Balaban J connectivity index is 1.98. The van der Waals surface area contributed by atoms with Crippen LogP contribution >= 0.6 is 0 Å². The molecule has 1 heterocycles. The van der Waals surface area contributed by atoms with Crippen LogP contribution in [-0.4, -0.2) is 28.5 Å². The second-order valence-corrected chi connectivity index (χ2v) is 7.96. The molecule has 1 aliphatic rings. The van der Waals surface area contributed by atoms with Crippen molar-refractivity contribution in [2.24, 2.45) is 0 Å². The van der Waals surface area contributed by atoms with E-state index in [1.54, 1.807) is 0 Å². The average Bonchev–Trinajstić information content (AvgIpc) is 3.06. The van der Waals surface area contributed by atoms with Crippen LogP contribution in [0.3, 0.4) is 0 Å². The molecule has 3 unspecified atom stereocenters. The maximum Gasteiger partial charge on any atom is 0.193 e. The third-order valence-electron chi connectivity index (χ3n) is 5.96. The number of unbranched alkanes of at least 4 members (excludes halogenated alkanes) is 10. The topological polar surface area (TPSA) is 32.3 Å². The highest BCUT2D eigenvalue weighted by molar-refractivity contribution is 4.88. The van der Waals surface area contributed by atoms with E-state index in [2.05, 4.69) is 37.5 Å². The summed E-state index contributed by atoms with van der Waals surface area (Å²) in [6.45, 7) is 7.26. The second-order valence-electron chi connectivity index (χ2n) is 7.96. The van der Waals surface area contributed by atoms with Crippen LogP contribution in [0.5, 0.6) is 0 Å². The average molecular weight is 366 g/mol. The van der Waals surface area contributed by atoms with E-state index in [9.17, 15) is 5.11 Å². The molecule has 1 rings (SSSR count). The number of nitrogens with one attached hydrogen (secondary N) is 1. The van der Waals surface area contributed by atoms with Crippen LogP contribution in [0.15, 0.2) is 24.6 Å². The van der Waals surface area contributed by atoms with Crippen LogP contribution in [0.4, 0.5) is 0 Å². The van der Waals surface area contributed by atoms with Crippen LogP contribution in [0.25, 0.3) is 0 Å². The van der Waals surface area contributed by atoms with E-state index < -0.39 is 0 Å². The van der Waals surface area contributed by atoms with Gasteiger partial charge in [-0.1, -0.05) is 76.9 Å². The Bertz CT molecular complexity index is 392. The number of aliphatic hydroxyl groups is 1. The first-order chi connectivity index (χ1) is 12.7. The smallest absolute Gasteiger partial charge is 0.193 e. The highest BCUT2D eigenvalue weighted by atomic mass is 16.3. The Morgan fingerprint density at radius 3 is 2.08 bits per heavy atom. The minimum atomic E-state index is -0.355. The van der Waals surface area contributed by atoms with Gasteiger partial charge in [0, 0.05) is 13.3 Å². The predicted octanol–water partition coefficient (Wildman–Crippen LogP) is 6.21. The van der Waals surface area contributed by atoms with Crippen LogP contribution in [0, 0.1) is 0 Å². The fourth-order valence-corrected chi connectivity index (χ4v) is 4.07. The highest BCUT2D eigenvalue weighted by Gasteiger charge is 2.40. The molecule has 3 atom stereocenters.